The molecule has 0 atom stereocenters. The largest absolute Gasteiger partial charge is 0.699 e. The van der Waals surface area contributed by atoms with Gasteiger partial charge in [-0.25, -0.2) is 13.2 Å². The van der Waals surface area contributed by atoms with Crippen molar-refractivity contribution in [2.75, 3.05) is 0 Å². The van der Waals surface area contributed by atoms with E-state index in [2.05, 4.69) is 4.65 Å². The highest BCUT2D eigenvalue weighted by Crippen LogP contribution is 2.30. The Bertz CT molecular complexity index is 505. The predicted octanol–water partition coefficient (Wildman–Crippen LogP) is 3.76. The minimum absolute atomic E-state index is 0.595. The van der Waals surface area contributed by atoms with Gasteiger partial charge in [0.15, 0.2) is 14.1 Å². The number of halogens is 5. The molecule has 0 fully saturated rings. The minimum Gasteiger partial charge on any atom is -0.508 e. The molecule has 1 N–H and O–H groups in total. The van der Waals surface area contributed by atoms with E-state index in [9.17, 15) is 27.0 Å². The van der Waals surface area contributed by atoms with Crippen LogP contribution in [0.1, 0.15) is 20.8 Å². The molecule has 1 aromatic rings. The molecule has 10 heteroatoms. The van der Waals surface area contributed by atoms with Crippen molar-refractivity contribution in [2.24, 2.45) is 0 Å². The van der Waals surface area contributed by atoms with Crippen LogP contribution in [0.3, 0.4) is 0 Å². The van der Waals surface area contributed by atoms with Gasteiger partial charge in [0.2, 0.25) is 29.1 Å². The highest BCUT2D eigenvalue weighted by Gasteiger charge is 2.38. The monoisotopic (exact) mass is 342 g/mol. The van der Waals surface area contributed by atoms with Gasteiger partial charge in [-0.15, -0.1) is 0 Å². The van der Waals surface area contributed by atoms with Crippen LogP contribution in [0.4, 0.5) is 22.0 Å². The van der Waals surface area contributed by atoms with Crippen LogP contribution in [-0.4, -0.2) is 20.7 Å². The summed E-state index contributed by atoms with van der Waals surface area (Å²) in [5, 5.41) is 9.65. The van der Waals surface area contributed by atoms with Gasteiger partial charge >= 0.3 is 7.32 Å². The Morgan fingerprint density at radius 2 is 1.18 bits per heavy atom. The van der Waals surface area contributed by atoms with Gasteiger partial charge in [0.05, 0.1) is 0 Å². The first kappa shape index (κ1) is 18.9. The van der Waals surface area contributed by atoms with Crippen LogP contribution in [0, 0.1) is 29.1 Å². The van der Waals surface area contributed by atoms with E-state index in [1.165, 1.54) is 0 Å². The van der Waals surface area contributed by atoms with Crippen molar-refractivity contribution in [3.8, 4) is 5.75 Å². The molecule has 22 heavy (non-hydrogen) atoms. The second kappa shape index (κ2) is 7.43. The fourth-order valence-corrected chi connectivity index (χ4v) is 4.50. The number of benzene rings is 1. The van der Waals surface area contributed by atoms with E-state index in [-0.39, 0.29) is 0 Å². The van der Waals surface area contributed by atoms with Crippen LogP contribution < -0.4 is 4.65 Å². The first-order valence-corrected chi connectivity index (χ1v) is 9.29. The molecule has 0 aliphatic carbocycles. The van der Waals surface area contributed by atoms with Gasteiger partial charge in [-0.05, 0) is 18.1 Å². The molecule has 0 heterocycles. The number of hydrogen-bond donors (Lipinski definition) is 1. The van der Waals surface area contributed by atoms with Crippen LogP contribution in [0.25, 0.3) is 0 Å². The summed E-state index contributed by atoms with van der Waals surface area (Å²) in [6.07, 6.45) is 0. The van der Waals surface area contributed by atoms with Crippen molar-refractivity contribution < 1.29 is 36.0 Å². The van der Waals surface area contributed by atoms with Crippen molar-refractivity contribution in [3.05, 3.63) is 29.1 Å². The third-order valence-corrected chi connectivity index (χ3v) is 8.24. The Morgan fingerprint density at radius 3 is 1.55 bits per heavy atom. The first-order valence-electron chi connectivity index (χ1n) is 6.76. The molecule has 0 saturated heterocycles. The van der Waals surface area contributed by atoms with Gasteiger partial charge in [-0.2, -0.15) is 8.78 Å². The molecule has 0 aliphatic heterocycles. The molecule has 0 aromatic heterocycles. The maximum atomic E-state index is 13.4. The predicted molar refractivity (Wildman–Crippen MR) is 73.1 cm³/mol. The molecule has 124 valence electrons. The number of hydrogen-bond acceptors (Lipinski definition) is 3. The molecule has 0 radical (unpaired) electrons. The Balaban J connectivity index is 3.05. The highest BCUT2D eigenvalue weighted by molar-refractivity contribution is 6.78. The molecule has 1 rings (SSSR count). The van der Waals surface area contributed by atoms with Crippen molar-refractivity contribution in [3.63, 3.8) is 0 Å². The molecule has 3 nitrogen and oxygen atoms in total. The highest BCUT2D eigenvalue weighted by atomic mass is 28.4. The topological polar surface area (TPSA) is 38.7 Å². The Morgan fingerprint density at radius 1 is 0.818 bits per heavy atom. The van der Waals surface area contributed by atoms with Crippen molar-refractivity contribution in [1.29, 1.82) is 0 Å². The zero-order chi connectivity index (χ0) is 17.1. The molecular weight excluding hydrogens is 326 g/mol. The lowest BCUT2D eigenvalue weighted by Gasteiger charge is -2.29. The fraction of sp³-hybridized carbons (Fsp3) is 0.500. The quantitative estimate of drug-likeness (QED) is 0.355. The maximum absolute atomic E-state index is 13.4. The van der Waals surface area contributed by atoms with Crippen molar-refractivity contribution in [2.45, 2.75) is 38.9 Å². The van der Waals surface area contributed by atoms with E-state index in [1.54, 1.807) is 0 Å². The average Bonchev–Trinajstić information content (AvgIpc) is 2.53. The van der Waals surface area contributed by atoms with Gasteiger partial charge in [0.25, 0.3) is 0 Å². The minimum atomic E-state index is -2.39. The second-order valence-electron chi connectivity index (χ2n) is 4.69. The summed E-state index contributed by atoms with van der Waals surface area (Å²) in [5.74, 6) is -12.5. The smallest absolute Gasteiger partial charge is 0.508 e. The molecular formula is C12H16BF5O3Si. The van der Waals surface area contributed by atoms with Gasteiger partial charge in [-0.1, -0.05) is 20.8 Å². The van der Waals surface area contributed by atoms with Crippen molar-refractivity contribution >= 4 is 15.6 Å². The summed E-state index contributed by atoms with van der Waals surface area (Å²) in [5.41, 5.74) is 0. The summed E-state index contributed by atoms with van der Waals surface area (Å²) in [6.45, 7) is 5.47. The first-order chi connectivity index (χ1) is 10.2. The van der Waals surface area contributed by atoms with E-state index in [0.29, 0.717) is 18.1 Å². The van der Waals surface area contributed by atoms with Crippen LogP contribution in [-0.2, 0) is 4.34 Å². The molecule has 1 aromatic carbocycles. The lowest BCUT2D eigenvalue weighted by atomic mass is 10.2. The standard InChI is InChI=1S/C12H16BF5O3Si/c1-4-22(5-2,6-3)21-13(19)20-12-10(17)8(15)7(14)9(16)11(12)18/h19H,4-6H2,1-3H3. The SMILES string of the molecule is CC[Si](CC)(CC)OB(O)Oc1c(F)c(F)c(F)c(F)c1F. The summed E-state index contributed by atoms with van der Waals surface area (Å²) in [4.78, 5) is 0. The molecule has 0 aliphatic rings. The third-order valence-electron chi connectivity index (χ3n) is 3.67. The Kier molecular flexibility index (Phi) is 6.39. The third kappa shape index (κ3) is 3.61. The van der Waals surface area contributed by atoms with Crippen LogP contribution in [0.2, 0.25) is 18.1 Å². The zero-order valence-electron chi connectivity index (χ0n) is 12.4. The van der Waals surface area contributed by atoms with E-state index in [4.69, 9.17) is 4.34 Å². The molecule has 0 amide bonds. The van der Waals surface area contributed by atoms with Gasteiger partial charge in [0, 0.05) is 0 Å². The van der Waals surface area contributed by atoms with E-state index in [0.717, 1.165) is 0 Å². The normalized spacial score (nSPS) is 11.7. The van der Waals surface area contributed by atoms with Gasteiger partial charge in [0.1, 0.15) is 0 Å². The van der Waals surface area contributed by atoms with Gasteiger partial charge < -0.3 is 14.0 Å². The summed E-state index contributed by atoms with van der Waals surface area (Å²) >= 11 is 0. The van der Waals surface area contributed by atoms with E-state index in [1.807, 2.05) is 20.8 Å². The fourth-order valence-electron chi connectivity index (χ4n) is 2.03. The maximum Gasteiger partial charge on any atom is 0.699 e. The van der Waals surface area contributed by atoms with Gasteiger partial charge in [-0.3, -0.25) is 0 Å². The summed E-state index contributed by atoms with van der Waals surface area (Å²) in [7, 11) is -4.50. The molecule has 0 bridgehead atoms. The Hall–Kier alpha value is -1.13. The van der Waals surface area contributed by atoms with Crippen LogP contribution >= 0.6 is 0 Å². The van der Waals surface area contributed by atoms with Crippen LogP contribution in [0.15, 0.2) is 0 Å². The van der Waals surface area contributed by atoms with E-state index < -0.39 is 50.5 Å². The lowest BCUT2D eigenvalue weighted by molar-refractivity contribution is 0.265. The van der Waals surface area contributed by atoms with Crippen molar-refractivity contribution in [1.82, 2.24) is 0 Å². The molecule has 0 saturated carbocycles. The molecule has 0 unspecified atom stereocenters. The Labute approximate surface area is 126 Å². The average molecular weight is 342 g/mol. The summed E-state index contributed by atoms with van der Waals surface area (Å²) < 4.78 is 75.6. The molecule has 0 spiro atoms. The summed E-state index contributed by atoms with van der Waals surface area (Å²) in [6, 6.07) is 1.78. The second-order valence-corrected chi connectivity index (χ2v) is 9.41. The zero-order valence-corrected chi connectivity index (χ0v) is 13.4. The van der Waals surface area contributed by atoms with Crippen LogP contribution in [0.5, 0.6) is 5.75 Å². The lowest BCUT2D eigenvalue weighted by Crippen LogP contribution is -2.44. The van der Waals surface area contributed by atoms with E-state index >= 15 is 0 Å². The number of rotatable bonds is 7.